The highest BCUT2D eigenvalue weighted by molar-refractivity contribution is 5.29. The summed E-state index contributed by atoms with van der Waals surface area (Å²) in [6.45, 7) is 8.64. The highest BCUT2D eigenvalue weighted by atomic mass is 16.5. The van der Waals surface area contributed by atoms with Crippen LogP contribution in [0.25, 0.3) is 0 Å². The Morgan fingerprint density at radius 3 is 2.86 bits per heavy atom. The number of hydrogen-bond donors (Lipinski definition) is 1. The van der Waals surface area contributed by atoms with Gasteiger partial charge in [0.15, 0.2) is 0 Å². The summed E-state index contributed by atoms with van der Waals surface area (Å²) >= 11 is 0. The van der Waals surface area contributed by atoms with E-state index in [0.29, 0.717) is 11.8 Å². The van der Waals surface area contributed by atoms with Crippen LogP contribution in [0.15, 0.2) is 12.1 Å². The summed E-state index contributed by atoms with van der Waals surface area (Å²) in [5.74, 6) is 0.933. The summed E-state index contributed by atoms with van der Waals surface area (Å²) < 4.78 is 5.55. The molecule has 116 valence electrons. The van der Waals surface area contributed by atoms with Gasteiger partial charge in [0.1, 0.15) is 0 Å². The third-order valence-electron chi connectivity index (χ3n) is 4.61. The highest BCUT2D eigenvalue weighted by Crippen LogP contribution is 2.29. The first-order valence-corrected chi connectivity index (χ1v) is 8.11. The minimum atomic E-state index is -0.170. The van der Waals surface area contributed by atoms with E-state index in [0.717, 1.165) is 51.4 Å². The third-order valence-corrected chi connectivity index (χ3v) is 4.61. The molecule has 2 atom stereocenters. The van der Waals surface area contributed by atoms with Crippen molar-refractivity contribution >= 4 is 0 Å². The van der Waals surface area contributed by atoms with Gasteiger partial charge in [-0.05, 0) is 30.4 Å². The number of aliphatic hydroxyl groups excluding tert-OH is 1. The standard InChI is InChI=1S/C17H26N2O2/c1-12(2)16-4-3-15(13-6-8-21-11-13)17(18-16)10-19-7-5-14(20)9-19/h3-4,12-14,20H,5-11H2,1-2H3/t13-,14+/m0/s1. The van der Waals surface area contributed by atoms with Crippen LogP contribution in [-0.2, 0) is 11.3 Å². The normalized spacial score (nSPS) is 26.9. The predicted octanol–water partition coefficient (Wildman–Crippen LogP) is 2.28. The molecule has 1 aromatic heterocycles. The van der Waals surface area contributed by atoms with E-state index in [2.05, 4.69) is 30.9 Å². The predicted molar refractivity (Wildman–Crippen MR) is 82.4 cm³/mol. The molecule has 0 saturated carbocycles. The molecule has 2 fully saturated rings. The lowest BCUT2D eigenvalue weighted by atomic mass is 9.95. The van der Waals surface area contributed by atoms with Crippen molar-refractivity contribution in [2.45, 2.75) is 51.2 Å². The fraction of sp³-hybridized carbons (Fsp3) is 0.706. The molecule has 0 unspecified atom stereocenters. The number of aromatic nitrogens is 1. The van der Waals surface area contributed by atoms with Gasteiger partial charge in [0.2, 0.25) is 0 Å². The fourth-order valence-electron chi connectivity index (χ4n) is 3.30. The SMILES string of the molecule is CC(C)c1ccc([C@H]2CCOC2)c(CN2CC[C@@H](O)C2)n1. The number of likely N-dealkylation sites (tertiary alicyclic amines) is 1. The molecule has 4 nitrogen and oxygen atoms in total. The lowest BCUT2D eigenvalue weighted by Crippen LogP contribution is -2.23. The molecule has 3 rings (SSSR count). The van der Waals surface area contributed by atoms with Crippen LogP contribution < -0.4 is 0 Å². The summed E-state index contributed by atoms with van der Waals surface area (Å²) in [5, 5.41) is 9.72. The van der Waals surface area contributed by atoms with Crippen molar-refractivity contribution in [1.29, 1.82) is 0 Å². The fourth-order valence-corrected chi connectivity index (χ4v) is 3.30. The van der Waals surface area contributed by atoms with Crippen LogP contribution in [0.1, 0.15) is 55.5 Å². The first-order chi connectivity index (χ1) is 10.1. The Hall–Kier alpha value is -0.970. The smallest absolute Gasteiger partial charge is 0.0679 e. The zero-order valence-corrected chi connectivity index (χ0v) is 13.1. The number of nitrogens with zero attached hydrogens (tertiary/aromatic N) is 2. The largest absolute Gasteiger partial charge is 0.392 e. The number of aliphatic hydroxyl groups is 1. The molecular formula is C17H26N2O2. The van der Waals surface area contributed by atoms with Crippen molar-refractivity contribution in [1.82, 2.24) is 9.88 Å². The summed E-state index contributed by atoms with van der Waals surface area (Å²) in [5.41, 5.74) is 3.69. The first-order valence-electron chi connectivity index (χ1n) is 8.11. The molecule has 0 aromatic carbocycles. The van der Waals surface area contributed by atoms with Crippen LogP contribution in [-0.4, -0.2) is 47.4 Å². The van der Waals surface area contributed by atoms with E-state index in [1.165, 1.54) is 11.3 Å². The van der Waals surface area contributed by atoms with Gasteiger partial charge in [0.25, 0.3) is 0 Å². The Bertz CT molecular complexity index is 484. The maximum Gasteiger partial charge on any atom is 0.0679 e. The molecule has 3 heterocycles. The van der Waals surface area contributed by atoms with Gasteiger partial charge in [-0.25, -0.2) is 0 Å². The zero-order valence-electron chi connectivity index (χ0n) is 13.1. The van der Waals surface area contributed by atoms with E-state index < -0.39 is 0 Å². The van der Waals surface area contributed by atoms with Gasteiger partial charge in [-0.2, -0.15) is 0 Å². The summed E-state index contributed by atoms with van der Waals surface area (Å²) in [4.78, 5) is 7.24. The van der Waals surface area contributed by atoms with Gasteiger partial charge in [-0.15, -0.1) is 0 Å². The van der Waals surface area contributed by atoms with Crippen LogP contribution in [0, 0.1) is 0 Å². The van der Waals surface area contributed by atoms with Crippen molar-refractivity contribution in [3.05, 3.63) is 29.1 Å². The molecule has 0 bridgehead atoms. The van der Waals surface area contributed by atoms with Crippen LogP contribution in [0.4, 0.5) is 0 Å². The monoisotopic (exact) mass is 290 g/mol. The number of β-amino-alcohol motifs (C(OH)–C–C–N with tert-alkyl or cyclic N) is 1. The third kappa shape index (κ3) is 3.44. The molecule has 2 aliphatic rings. The number of rotatable bonds is 4. The van der Waals surface area contributed by atoms with Crippen LogP contribution in [0.3, 0.4) is 0 Å². The molecule has 21 heavy (non-hydrogen) atoms. The van der Waals surface area contributed by atoms with Crippen molar-refractivity contribution in [2.75, 3.05) is 26.3 Å². The Labute approximate surface area is 127 Å². The van der Waals surface area contributed by atoms with Crippen LogP contribution in [0.2, 0.25) is 0 Å². The molecule has 2 saturated heterocycles. The van der Waals surface area contributed by atoms with Gasteiger partial charge in [0.05, 0.1) is 18.4 Å². The molecule has 0 aliphatic carbocycles. The summed E-state index contributed by atoms with van der Waals surface area (Å²) in [6, 6.07) is 4.42. The van der Waals surface area contributed by atoms with E-state index in [4.69, 9.17) is 9.72 Å². The topological polar surface area (TPSA) is 45.6 Å². The zero-order chi connectivity index (χ0) is 14.8. The quantitative estimate of drug-likeness (QED) is 0.924. The molecular weight excluding hydrogens is 264 g/mol. The van der Waals surface area contributed by atoms with Gasteiger partial charge < -0.3 is 9.84 Å². The molecule has 1 N–H and O–H groups in total. The Morgan fingerprint density at radius 1 is 1.38 bits per heavy atom. The van der Waals surface area contributed by atoms with Gasteiger partial charge in [-0.1, -0.05) is 19.9 Å². The van der Waals surface area contributed by atoms with Crippen molar-refractivity contribution < 1.29 is 9.84 Å². The summed E-state index contributed by atoms with van der Waals surface area (Å²) in [6.07, 6.45) is 1.81. The van der Waals surface area contributed by atoms with Crippen LogP contribution >= 0.6 is 0 Å². The minimum absolute atomic E-state index is 0.170. The maximum atomic E-state index is 9.72. The Kier molecular flexibility index (Phi) is 4.57. The average Bonchev–Trinajstić information content (AvgIpc) is 3.10. The Balaban J connectivity index is 1.84. The first kappa shape index (κ1) is 14.9. The number of pyridine rings is 1. The lowest BCUT2D eigenvalue weighted by Gasteiger charge is -2.20. The summed E-state index contributed by atoms with van der Waals surface area (Å²) in [7, 11) is 0. The van der Waals surface area contributed by atoms with E-state index in [-0.39, 0.29) is 6.10 Å². The molecule has 4 heteroatoms. The van der Waals surface area contributed by atoms with E-state index >= 15 is 0 Å². The second-order valence-corrected chi connectivity index (χ2v) is 6.66. The van der Waals surface area contributed by atoms with E-state index in [9.17, 15) is 5.11 Å². The number of ether oxygens (including phenoxy) is 1. The van der Waals surface area contributed by atoms with Gasteiger partial charge in [0, 0.05) is 37.9 Å². The second kappa shape index (κ2) is 6.42. The highest BCUT2D eigenvalue weighted by Gasteiger charge is 2.25. The van der Waals surface area contributed by atoms with Crippen molar-refractivity contribution in [3.63, 3.8) is 0 Å². The van der Waals surface area contributed by atoms with Gasteiger partial charge in [-0.3, -0.25) is 9.88 Å². The minimum Gasteiger partial charge on any atom is -0.392 e. The molecule has 0 radical (unpaired) electrons. The van der Waals surface area contributed by atoms with Crippen LogP contribution in [0.5, 0.6) is 0 Å². The van der Waals surface area contributed by atoms with Gasteiger partial charge >= 0.3 is 0 Å². The van der Waals surface area contributed by atoms with E-state index in [1.54, 1.807) is 0 Å². The molecule has 2 aliphatic heterocycles. The molecule has 1 aromatic rings. The molecule has 0 spiro atoms. The average molecular weight is 290 g/mol. The van der Waals surface area contributed by atoms with Crippen molar-refractivity contribution in [3.8, 4) is 0 Å². The lowest BCUT2D eigenvalue weighted by molar-refractivity contribution is 0.174. The molecule has 0 amide bonds. The maximum absolute atomic E-state index is 9.72. The van der Waals surface area contributed by atoms with Crippen molar-refractivity contribution in [2.24, 2.45) is 0 Å². The second-order valence-electron chi connectivity index (χ2n) is 6.66. The number of hydrogen-bond acceptors (Lipinski definition) is 4. The Morgan fingerprint density at radius 2 is 2.24 bits per heavy atom. The van der Waals surface area contributed by atoms with E-state index in [1.807, 2.05) is 0 Å².